The molecule has 1 N–H and O–H groups in total. The van der Waals surface area contributed by atoms with Gasteiger partial charge in [-0.3, -0.25) is 0 Å². The van der Waals surface area contributed by atoms with Crippen LogP contribution < -0.4 is 5.32 Å². The van der Waals surface area contributed by atoms with Crippen LogP contribution in [-0.2, 0) is 0 Å². The molecule has 0 atom stereocenters. The van der Waals surface area contributed by atoms with Gasteiger partial charge in [0.1, 0.15) is 5.82 Å². The zero-order valence-corrected chi connectivity index (χ0v) is 9.91. The summed E-state index contributed by atoms with van der Waals surface area (Å²) in [5, 5.41) is 5.51. The van der Waals surface area contributed by atoms with Crippen molar-refractivity contribution in [1.82, 2.24) is 14.9 Å². The lowest BCUT2D eigenvalue weighted by molar-refractivity contribution is 0.371. The molecule has 0 spiro atoms. The molecule has 4 heteroatoms. The van der Waals surface area contributed by atoms with E-state index in [-0.39, 0.29) is 0 Å². The molecule has 84 valence electrons. The Morgan fingerprint density at radius 1 is 1.38 bits per heavy atom. The van der Waals surface area contributed by atoms with Crippen molar-refractivity contribution in [3.05, 3.63) is 29.9 Å². The number of nitrogens with zero attached hydrogens (tertiary/aromatic N) is 2. The van der Waals surface area contributed by atoms with Gasteiger partial charge >= 0.3 is 0 Å². The Kier molecular flexibility index (Phi) is 2.76. The Labute approximate surface area is 99.1 Å². The molecule has 3 nitrogen and oxygen atoms in total. The third kappa shape index (κ3) is 1.79. The van der Waals surface area contributed by atoms with Crippen molar-refractivity contribution in [2.45, 2.75) is 18.9 Å². The molecule has 0 amide bonds. The normalized spacial score (nSPS) is 17.8. The van der Waals surface area contributed by atoms with Gasteiger partial charge in [0.05, 0.1) is 4.88 Å². The summed E-state index contributed by atoms with van der Waals surface area (Å²) in [7, 11) is 0. The minimum absolute atomic E-state index is 0.612. The van der Waals surface area contributed by atoms with E-state index in [4.69, 9.17) is 0 Å². The molecule has 0 unspecified atom stereocenters. The molecule has 0 aliphatic carbocycles. The van der Waals surface area contributed by atoms with Gasteiger partial charge < -0.3 is 9.88 Å². The Hall–Kier alpha value is -1.13. The van der Waals surface area contributed by atoms with Crippen LogP contribution in [0.15, 0.2) is 29.9 Å². The standard InChI is InChI=1S/C12H15N3S/c1-2-11(16-9-1)12-14-7-8-15(12)10-3-5-13-6-4-10/h1-2,7-10,13H,3-6H2. The van der Waals surface area contributed by atoms with E-state index in [1.165, 1.54) is 17.7 Å². The Bertz CT molecular complexity index is 441. The van der Waals surface area contributed by atoms with E-state index in [1.54, 1.807) is 11.3 Å². The van der Waals surface area contributed by atoms with Gasteiger partial charge in [0, 0.05) is 18.4 Å². The van der Waals surface area contributed by atoms with Gasteiger partial charge in [0.2, 0.25) is 0 Å². The number of hydrogen-bond acceptors (Lipinski definition) is 3. The highest BCUT2D eigenvalue weighted by atomic mass is 32.1. The zero-order valence-electron chi connectivity index (χ0n) is 9.10. The van der Waals surface area contributed by atoms with Crippen LogP contribution in [0, 0.1) is 0 Å². The maximum atomic E-state index is 4.49. The number of imidazole rings is 1. The van der Waals surface area contributed by atoms with E-state index < -0.39 is 0 Å². The van der Waals surface area contributed by atoms with Gasteiger partial charge in [-0.2, -0.15) is 0 Å². The second kappa shape index (κ2) is 4.39. The highest BCUT2D eigenvalue weighted by molar-refractivity contribution is 7.13. The van der Waals surface area contributed by atoms with Crippen molar-refractivity contribution in [2.75, 3.05) is 13.1 Å². The first kappa shape index (κ1) is 10.1. The largest absolute Gasteiger partial charge is 0.327 e. The maximum absolute atomic E-state index is 4.49. The minimum atomic E-state index is 0.612. The summed E-state index contributed by atoms with van der Waals surface area (Å²) in [6, 6.07) is 4.84. The number of piperidine rings is 1. The molecule has 0 aromatic carbocycles. The fourth-order valence-corrected chi connectivity index (χ4v) is 3.01. The van der Waals surface area contributed by atoms with Crippen LogP contribution in [0.25, 0.3) is 10.7 Å². The molecule has 1 aliphatic rings. The summed E-state index contributed by atoms with van der Waals surface area (Å²) in [6.45, 7) is 2.24. The Balaban J connectivity index is 1.92. The monoisotopic (exact) mass is 233 g/mol. The van der Waals surface area contributed by atoms with Gasteiger partial charge in [-0.05, 0) is 37.4 Å². The van der Waals surface area contributed by atoms with Gasteiger partial charge in [0.15, 0.2) is 0 Å². The molecular weight excluding hydrogens is 218 g/mol. The maximum Gasteiger partial charge on any atom is 0.150 e. The molecule has 1 aliphatic heterocycles. The number of thiophene rings is 1. The minimum Gasteiger partial charge on any atom is -0.327 e. The molecule has 0 saturated carbocycles. The first-order chi connectivity index (χ1) is 7.95. The summed E-state index contributed by atoms with van der Waals surface area (Å²) in [4.78, 5) is 5.75. The molecule has 1 fully saturated rings. The Morgan fingerprint density at radius 3 is 3.00 bits per heavy atom. The van der Waals surface area contributed by atoms with Gasteiger partial charge in [-0.25, -0.2) is 4.98 Å². The quantitative estimate of drug-likeness (QED) is 0.864. The van der Waals surface area contributed by atoms with E-state index in [1.807, 2.05) is 6.20 Å². The summed E-state index contributed by atoms with van der Waals surface area (Å²) in [6.07, 6.45) is 6.44. The second-order valence-electron chi connectivity index (χ2n) is 4.12. The van der Waals surface area contributed by atoms with Crippen LogP contribution in [0.3, 0.4) is 0 Å². The highest BCUT2D eigenvalue weighted by Crippen LogP contribution is 2.28. The first-order valence-corrected chi connectivity index (χ1v) is 6.60. The lowest BCUT2D eigenvalue weighted by Crippen LogP contribution is -2.29. The topological polar surface area (TPSA) is 29.9 Å². The lowest BCUT2D eigenvalue weighted by Gasteiger charge is -2.25. The third-order valence-corrected chi connectivity index (χ3v) is 3.98. The predicted molar refractivity (Wildman–Crippen MR) is 66.7 cm³/mol. The highest BCUT2D eigenvalue weighted by Gasteiger charge is 2.18. The number of hydrogen-bond donors (Lipinski definition) is 1. The summed E-state index contributed by atoms with van der Waals surface area (Å²) >= 11 is 1.76. The van der Waals surface area contributed by atoms with Crippen LogP contribution in [-0.4, -0.2) is 22.6 Å². The van der Waals surface area contributed by atoms with E-state index in [2.05, 4.69) is 38.6 Å². The van der Waals surface area contributed by atoms with E-state index in [9.17, 15) is 0 Å². The fourth-order valence-electron chi connectivity index (χ4n) is 2.29. The van der Waals surface area contributed by atoms with Crippen LogP contribution >= 0.6 is 11.3 Å². The molecule has 1 saturated heterocycles. The molecule has 0 bridgehead atoms. The molecule has 3 heterocycles. The number of aromatic nitrogens is 2. The van der Waals surface area contributed by atoms with Crippen molar-refractivity contribution in [2.24, 2.45) is 0 Å². The van der Waals surface area contributed by atoms with E-state index in [0.29, 0.717) is 6.04 Å². The first-order valence-electron chi connectivity index (χ1n) is 5.72. The number of rotatable bonds is 2. The van der Waals surface area contributed by atoms with Gasteiger partial charge in [0.25, 0.3) is 0 Å². The average molecular weight is 233 g/mol. The summed E-state index contributed by atoms with van der Waals surface area (Å²) in [5.41, 5.74) is 0. The van der Waals surface area contributed by atoms with Crippen LogP contribution in [0.5, 0.6) is 0 Å². The molecule has 2 aromatic heterocycles. The smallest absolute Gasteiger partial charge is 0.150 e. The second-order valence-corrected chi connectivity index (χ2v) is 5.06. The van der Waals surface area contributed by atoms with Gasteiger partial charge in [-0.15, -0.1) is 11.3 Å². The Morgan fingerprint density at radius 2 is 2.25 bits per heavy atom. The molecule has 0 radical (unpaired) electrons. The lowest BCUT2D eigenvalue weighted by atomic mass is 10.1. The predicted octanol–water partition coefficient (Wildman–Crippen LogP) is 2.54. The third-order valence-electron chi connectivity index (χ3n) is 3.11. The fraction of sp³-hybridized carbons (Fsp3) is 0.417. The van der Waals surface area contributed by atoms with E-state index >= 15 is 0 Å². The molecular formula is C12H15N3S. The van der Waals surface area contributed by atoms with E-state index in [0.717, 1.165) is 18.9 Å². The van der Waals surface area contributed by atoms with Crippen LogP contribution in [0.4, 0.5) is 0 Å². The van der Waals surface area contributed by atoms with Crippen molar-refractivity contribution in [1.29, 1.82) is 0 Å². The van der Waals surface area contributed by atoms with Crippen LogP contribution in [0.1, 0.15) is 18.9 Å². The van der Waals surface area contributed by atoms with Crippen LogP contribution in [0.2, 0.25) is 0 Å². The van der Waals surface area contributed by atoms with Crippen molar-refractivity contribution < 1.29 is 0 Å². The van der Waals surface area contributed by atoms with Crippen molar-refractivity contribution in [3.63, 3.8) is 0 Å². The summed E-state index contributed by atoms with van der Waals surface area (Å²) < 4.78 is 2.34. The molecule has 16 heavy (non-hydrogen) atoms. The van der Waals surface area contributed by atoms with Gasteiger partial charge in [-0.1, -0.05) is 6.07 Å². The summed E-state index contributed by atoms with van der Waals surface area (Å²) in [5.74, 6) is 1.13. The number of nitrogens with one attached hydrogen (secondary N) is 1. The average Bonchev–Trinajstić information content (AvgIpc) is 3.01. The SMILES string of the molecule is c1csc(-c2nccn2C2CCNCC2)c1. The van der Waals surface area contributed by atoms with Crippen molar-refractivity contribution >= 4 is 11.3 Å². The molecule has 2 aromatic rings. The zero-order chi connectivity index (χ0) is 10.8. The van der Waals surface area contributed by atoms with Crippen molar-refractivity contribution in [3.8, 4) is 10.7 Å². The molecule has 3 rings (SSSR count).